The Morgan fingerprint density at radius 1 is 1.04 bits per heavy atom. The Labute approximate surface area is 152 Å². The van der Waals surface area contributed by atoms with Gasteiger partial charge in [0.05, 0.1) is 12.8 Å². The molecule has 0 aliphatic rings. The minimum Gasteiger partial charge on any atom is -0.497 e. The first-order valence-corrected chi connectivity index (χ1v) is 8.32. The molecule has 0 aromatic heterocycles. The largest absolute Gasteiger partial charge is 0.497 e. The van der Waals surface area contributed by atoms with E-state index in [0.29, 0.717) is 13.0 Å². The summed E-state index contributed by atoms with van der Waals surface area (Å²) in [5, 5.41) is 5.22. The smallest absolute Gasteiger partial charge is 0.239 e. The van der Waals surface area contributed by atoms with Crippen LogP contribution in [-0.2, 0) is 16.0 Å². The summed E-state index contributed by atoms with van der Waals surface area (Å²) in [4.78, 5) is 24.8. The van der Waals surface area contributed by atoms with Gasteiger partial charge in [-0.15, -0.1) is 0 Å². The van der Waals surface area contributed by atoms with Gasteiger partial charge in [-0.1, -0.05) is 24.3 Å². The van der Waals surface area contributed by atoms with Gasteiger partial charge in [-0.3, -0.25) is 9.59 Å². The number of nitrogens with one attached hydrogen (secondary N) is 2. The summed E-state index contributed by atoms with van der Waals surface area (Å²) in [7, 11) is 1.60. The molecule has 2 aromatic rings. The maximum atomic E-state index is 13.7. The van der Waals surface area contributed by atoms with Crippen LogP contribution in [-0.4, -0.2) is 25.5 Å². The van der Waals surface area contributed by atoms with Crippen molar-refractivity contribution in [2.24, 2.45) is 5.41 Å². The highest BCUT2D eigenvalue weighted by molar-refractivity contribution is 6.09. The Morgan fingerprint density at radius 3 is 2.31 bits per heavy atom. The fourth-order valence-corrected chi connectivity index (χ4v) is 2.28. The molecule has 0 saturated heterocycles. The highest BCUT2D eigenvalue weighted by Crippen LogP contribution is 2.21. The number of anilines is 1. The van der Waals surface area contributed by atoms with Crippen LogP contribution in [0.3, 0.4) is 0 Å². The standard InChI is InChI=1S/C20H23FN2O3/c1-20(2,19(25)23-17-7-5-4-6-16(17)21)18(24)22-13-12-14-8-10-15(26-3)11-9-14/h4-11H,12-13H2,1-3H3,(H,22,24)(H,23,25). The Bertz CT molecular complexity index is 773. The predicted molar refractivity (Wildman–Crippen MR) is 98.5 cm³/mol. The van der Waals surface area contributed by atoms with E-state index in [1.165, 1.54) is 32.0 Å². The monoisotopic (exact) mass is 358 g/mol. The van der Waals surface area contributed by atoms with Crippen LogP contribution in [0.2, 0.25) is 0 Å². The highest BCUT2D eigenvalue weighted by atomic mass is 19.1. The van der Waals surface area contributed by atoms with Gasteiger partial charge in [0.15, 0.2) is 0 Å². The van der Waals surface area contributed by atoms with E-state index in [2.05, 4.69) is 10.6 Å². The van der Waals surface area contributed by atoms with Crippen molar-refractivity contribution < 1.29 is 18.7 Å². The molecule has 0 aliphatic carbocycles. The SMILES string of the molecule is COc1ccc(CCNC(=O)C(C)(C)C(=O)Nc2ccccc2F)cc1. The van der Waals surface area contributed by atoms with Gasteiger partial charge in [-0.2, -0.15) is 0 Å². The molecule has 6 heteroatoms. The quantitative estimate of drug-likeness (QED) is 0.747. The summed E-state index contributed by atoms with van der Waals surface area (Å²) in [6, 6.07) is 13.4. The summed E-state index contributed by atoms with van der Waals surface area (Å²) in [5.74, 6) is -0.760. The molecule has 2 rings (SSSR count). The Morgan fingerprint density at radius 2 is 1.69 bits per heavy atom. The van der Waals surface area contributed by atoms with Crippen LogP contribution in [0.1, 0.15) is 19.4 Å². The number of amides is 2. The zero-order valence-electron chi connectivity index (χ0n) is 15.1. The number of hydrogen-bond donors (Lipinski definition) is 2. The molecule has 0 heterocycles. The van der Waals surface area contributed by atoms with E-state index >= 15 is 0 Å². The lowest BCUT2D eigenvalue weighted by atomic mass is 9.90. The number of ether oxygens (including phenoxy) is 1. The zero-order chi connectivity index (χ0) is 19.2. The van der Waals surface area contributed by atoms with E-state index in [1.807, 2.05) is 24.3 Å². The molecule has 0 atom stereocenters. The van der Waals surface area contributed by atoms with Crippen molar-refractivity contribution >= 4 is 17.5 Å². The molecule has 138 valence electrons. The molecule has 0 radical (unpaired) electrons. The Hall–Kier alpha value is -2.89. The van der Waals surface area contributed by atoms with Crippen LogP contribution in [0, 0.1) is 11.2 Å². The summed E-state index contributed by atoms with van der Waals surface area (Å²) in [5.41, 5.74) is -0.237. The minimum atomic E-state index is -1.33. The predicted octanol–water partition coefficient (Wildman–Crippen LogP) is 3.16. The van der Waals surface area contributed by atoms with Crippen molar-refractivity contribution in [2.45, 2.75) is 20.3 Å². The number of carbonyl (C=O) groups is 2. The number of halogens is 1. The Kier molecular flexibility index (Phi) is 6.33. The average molecular weight is 358 g/mol. The van der Waals surface area contributed by atoms with Crippen LogP contribution in [0.5, 0.6) is 5.75 Å². The van der Waals surface area contributed by atoms with Gasteiger partial charge in [0, 0.05) is 6.54 Å². The van der Waals surface area contributed by atoms with Crippen molar-refractivity contribution in [3.8, 4) is 5.75 Å². The van der Waals surface area contributed by atoms with Gasteiger partial charge in [-0.05, 0) is 50.1 Å². The minimum absolute atomic E-state index is 0.0524. The first-order valence-electron chi connectivity index (χ1n) is 8.32. The van der Waals surface area contributed by atoms with E-state index in [1.54, 1.807) is 13.2 Å². The van der Waals surface area contributed by atoms with Crippen molar-refractivity contribution in [3.63, 3.8) is 0 Å². The van der Waals surface area contributed by atoms with E-state index in [9.17, 15) is 14.0 Å². The van der Waals surface area contributed by atoms with Crippen LogP contribution in [0.15, 0.2) is 48.5 Å². The first-order chi connectivity index (χ1) is 12.3. The van der Waals surface area contributed by atoms with Crippen LogP contribution in [0.4, 0.5) is 10.1 Å². The molecule has 0 spiro atoms. The van der Waals surface area contributed by atoms with Crippen molar-refractivity contribution in [3.05, 3.63) is 59.9 Å². The number of benzene rings is 2. The summed E-state index contributed by atoms with van der Waals surface area (Å²) in [6.45, 7) is 3.40. The molecule has 26 heavy (non-hydrogen) atoms. The third-order valence-corrected chi connectivity index (χ3v) is 4.12. The molecule has 0 unspecified atom stereocenters. The second-order valence-electron chi connectivity index (χ2n) is 6.41. The summed E-state index contributed by atoms with van der Waals surface area (Å²) in [6.07, 6.45) is 0.626. The Balaban J connectivity index is 1.89. The van der Waals surface area contributed by atoms with Gasteiger partial charge >= 0.3 is 0 Å². The van der Waals surface area contributed by atoms with Crippen molar-refractivity contribution in [2.75, 3.05) is 19.0 Å². The van der Waals surface area contributed by atoms with E-state index in [-0.39, 0.29) is 5.69 Å². The molecule has 2 amide bonds. The van der Waals surface area contributed by atoms with Gasteiger partial charge in [0.25, 0.3) is 0 Å². The number of hydrogen-bond acceptors (Lipinski definition) is 3. The molecule has 5 nitrogen and oxygen atoms in total. The van der Waals surface area contributed by atoms with Gasteiger partial charge in [-0.25, -0.2) is 4.39 Å². The topological polar surface area (TPSA) is 67.4 Å². The number of methoxy groups -OCH3 is 1. The molecular weight excluding hydrogens is 335 g/mol. The summed E-state index contributed by atoms with van der Waals surface area (Å²) >= 11 is 0. The van der Waals surface area contributed by atoms with Gasteiger partial charge < -0.3 is 15.4 Å². The van der Waals surface area contributed by atoms with Crippen molar-refractivity contribution in [1.29, 1.82) is 0 Å². The van der Waals surface area contributed by atoms with Crippen LogP contribution < -0.4 is 15.4 Å². The molecule has 0 aliphatic heterocycles. The normalized spacial score (nSPS) is 10.9. The zero-order valence-corrected chi connectivity index (χ0v) is 15.1. The maximum Gasteiger partial charge on any atom is 0.239 e. The molecule has 0 saturated carbocycles. The van der Waals surface area contributed by atoms with Gasteiger partial charge in [0.2, 0.25) is 11.8 Å². The van der Waals surface area contributed by atoms with E-state index in [4.69, 9.17) is 4.74 Å². The van der Waals surface area contributed by atoms with Crippen LogP contribution in [0.25, 0.3) is 0 Å². The lowest BCUT2D eigenvalue weighted by molar-refractivity contribution is -0.138. The highest BCUT2D eigenvalue weighted by Gasteiger charge is 2.36. The second-order valence-corrected chi connectivity index (χ2v) is 6.41. The van der Waals surface area contributed by atoms with Gasteiger partial charge in [0.1, 0.15) is 17.0 Å². The third-order valence-electron chi connectivity index (χ3n) is 4.12. The molecule has 2 N–H and O–H groups in total. The number of carbonyl (C=O) groups excluding carboxylic acids is 2. The molecular formula is C20H23FN2O3. The van der Waals surface area contributed by atoms with Crippen LogP contribution >= 0.6 is 0 Å². The third kappa shape index (κ3) is 4.81. The molecule has 0 fully saturated rings. The maximum absolute atomic E-state index is 13.7. The van der Waals surface area contributed by atoms with E-state index in [0.717, 1.165) is 11.3 Å². The second kappa shape index (κ2) is 8.47. The van der Waals surface area contributed by atoms with E-state index < -0.39 is 23.0 Å². The summed E-state index contributed by atoms with van der Waals surface area (Å²) < 4.78 is 18.8. The number of rotatable bonds is 7. The lowest BCUT2D eigenvalue weighted by Crippen LogP contribution is -2.45. The fraction of sp³-hybridized carbons (Fsp3) is 0.300. The fourth-order valence-electron chi connectivity index (χ4n) is 2.28. The average Bonchev–Trinajstić information content (AvgIpc) is 2.64. The molecule has 2 aromatic carbocycles. The molecule has 0 bridgehead atoms. The van der Waals surface area contributed by atoms with Crippen molar-refractivity contribution in [1.82, 2.24) is 5.32 Å². The number of para-hydroxylation sites is 1. The first kappa shape index (κ1) is 19.4. The lowest BCUT2D eigenvalue weighted by Gasteiger charge is -2.23.